The number of hydrogen-bond acceptors (Lipinski definition) is 14. The molecule has 1 N–H and O–H groups in total. The molecule has 0 aromatic heterocycles. The van der Waals surface area contributed by atoms with Gasteiger partial charge >= 0.3 is 23.0 Å². The molecule has 1 heterocycles. The second kappa shape index (κ2) is 21.4. The van der Waals surface area contributed by atoms with E-state index in [4.69, 9.17) is 42.0 Å². The predicted molar refractivity (Wildman–Crippen MR) is 90.2 cm³/mol. The first-order chi connectivity index (χ1) is 14.6. The summed E-state index contributed by atoms with van der Waals surface area (Å²) in [5.41, 5.74) is 0. The Labute approximate surface area is 209 Å². The van der Waals surface area contributed by atoms with Crippen LogP contribution < -0.4 is 42.6 Å². The molecule has 1 aliphatic heterocycles. The topological polar surface area (TPSA) is 233 Å². The number of carbonyl (C=O) groups excluding carboxylic acids is 1. The van der Waals surface area contributed by atoms with Gasteiger partial charge < -0.3 is 19.9 Å². The van der Waals surface area contributed by atoms with Crippen molar-refractivity contribution in [1.29, 1.82) is 0 Å². The second-order valence-electron chi connectivity index (χ2n) is 6.90. The summed E-state index contributed by atoms with van der Waals surface area (Å²) in [6, 6.07) is 0. The molecule has 203 valence electrons. The smallest absolute Gasteiger partial charge is 0.465 e. The molecule has 1 aliphatic rings. The summed E-state index contributed by atoms with van der Waals surface area (Å²) >= 11 is 0. The Morgan fingerprint density at radius 2 is 1.24 bits per heavy atom. The van der Waals surface area contributed by atoms with Crippen molar-refractivity contribution < 1.29 is 84.4 Å². The van der Waals surface area contributed by atoms with E-state index >= 15 is 0 Å². The minimum atomic E-state index is -4.94. The number of carbonyl (C=O) groups is 1. The molecular formula is C16H34Cl2CuN4O10. The number of halogens is 2. The quantitative estimate of drug-likeness (QED) is 0.243. The van der Waals surface area contributed by atoms with Gasteiger partial charge in [-0.2, -0.15) is 0 Å². The van der Waals surface area contributed by atoms with Crippen LogP contribution in [0.5, 0.6) is 0 Å². The summed E-state index contributed by atoms with van der Waals surface area (Å²) in [4.78, 5) is 18.7. The van der Waals surface area contributed by atoms with E-state index < -0.39 is 20.5 Å². The van der Waals surface area contributed by atoms with E-state index in [1.54, 1.807) is 0 Å². The van der Waals surface area contributed by atoms with E-state index in [-0.39, 0.29) is 23.0 Å². The molecule has 0 aromatic rings. The summed E-state index contributed by atoms with van der Waals surface area (Å²) in [7, 11) is -5.52. The predicted octanol–water partition coefficient (Wildman–Crippen LogP) is -9.42. The molecule has 1 saturated heterocycles. The van der Waals surface area contributed by atoms with Gasteiger partial charge in [-0.1, -0.05) is 0 Å². The molecule has 0 atom stereocenters. The molecule has 0 saturated carbocycles. The summed E-state index contributed by atoms with van der Waals surface area (Å²) in [5.74, 6) is -0.112. The Morgan fingerprint density at radius 1 is 0.788 bits per heavy atom. The van der Waals surface area contributed by atoms with Crippen LogP contribution in [0.3, 0.4) is 0 Å². The second-order valence-corrected chi connectivity index (χ2v) is 8.41. The van der Waals surface area contributed by atoms with Crippen LogP contribution in [0.2, 0.25) is 0 Å². The monoisotopic (exact) mass is 575 g/mol. The molecule has 14 nitrogen and oxygen atoms in total. The van der Waals surface area contributed by atoms with Gasteiger partial charge in [-0.3, -0.25) is 9.69 Å². The third-order valence-corrected chi connectivity index (χ3v) is 4.03. The largest absolute Gasteiger partial charge is 2.00 e. The number of nitrogens with zero attached hydrogens (tertiary/aromatic N) is 3. The van der Waals surface area contributed by atoms with Crippen molar-refractivity contribution in [2.75, 3.05) is 79.6 Å². The van der Waals surface area contributed by atoms with Crippen LogP contribution in [0.25, 0.3) is 0 Å². The first-order valence-electron chi connectivity index (χ1n) is 9.81. The summed E-state index contributed by atoms with van der Waals surface area (Å²) < 4.78 is 73.0. The number of hydrogen-bond donors (Lipinski definition) is 1. The molecule has 17 heteroatoms. The Bertz CT molecular complexity index is 452. The van der Waals surface area contributed by atoms with Crippen molar-refractivity contribution in [2.24, 2.45) is 0 Å². The first kappa shape index (κ1) is 37.6. The van der Waals surface area contributed by atoms with Crippen LogP contribution in [-0.4, -0.2) is 100 Å². The van der Waals surface area contributed by atoms with Gasteiger partial charge in [-0.05, 0) is 53.5 Å². The summed E-state index contributed by atoms with van der Waals surface area (Å²) in [5, 5.41) is 3.47. The number of rotatable bonds is 3. The van der Waals surface area contributed by atoms with E-state index in [0.717, 1.165) is 65.2 Å². The van der Waals surface area contributed by atoms with Crippen molar-refractivity contribution in [3.63, 3.8) is 0 Å². The fraction of sp³-hybridized carbons (Fsp3) is 0.938. The van der Waals surface area contributed by atoms with Crippen LogP contribution in [0, 0.1) is 20.5 Å². The van der Waals surface area contributed by atoms with Crippen LogP contribution in [0.1, 0.15) is 19.8 Å². The van der Waals surface area contributed by atoms with Gasteiger partial charge in [0.2, 0.25) is 0 Å². The van der Waals surface area contributed by atoms with Gasteiger partial charge in [0, 0.05) is 32.7 Å². The summed E-state index contributed by atoms with van der Waals surface area (Å²) in [6.45, 7) is 10.9. The zero-order valence-corrected chi connectivity index (χ0v) is 21.4. The van der Waals surface area contributed by atoms with Crippen LogP contribution in [0.4, 0.5) is 0 Å². The van der Waals surface area contributed by atoms with E-state index in [0.29, 0.717) is 13.2 Å². The molecule has 0 spiro atoms. The molecule has 1 radical (unpaired) electrons. The van der Waals surface area contributed by atoms with Crippen LogP contribution in [0.15, 0.2) is 0 Å². The van der Waals surface area contributed by atoms with Gasteiger partial charge in [0.1, 0.15) is 0 Å². The maximum absolute atomic E-state index is 11.7. The average molecular weight is 577 g/mol. The zero-order valence-electron chi connectivity index (χ0n) is 19.0. The minimum absolute atomic E-state index is 0. The van der Waals surface area contributed by atoms with Gasteiger partial charge in [0.05, 0.1) is 13.2 Å². The number of ether oxygens (including phenoxy) is 1. The van der Waals surface area contributed by atoms with Crippen LogP contribution >= 0.6 is 0 Å². The number of likely N-dealkylation sites (N-methyl/N-ethyl adjacent to an activating group) is 2. The van der Waals surface area contributed by atoms with Gasteiger partial charge in [0.25, 0.3) is 0 Å². The third-order valence-electron chi connectivity index (χ3n) is 4.03. The maximum atomic E-state index is 11.7. The maximum Gasteiger partial charge on any atom is 2.00 e. The van der Waals surface area contributed by atoms with Gasteiger partial charge in [0.15, 0.2) is 0 Å². The van der Waals surface area contributed by atoms with Crippen molar-refractivity contribution in [2.45, 2.75) is 19.8 Å². The fourth-order valence-corrected chi connectivity index (χ4v) is 2.62. The normalized spacial score (nSPS) is 18.4. The molecule has 0 unspecified atom stereocenters. The third kappa shape index (κ3) is 39.6. The van der Waals surface area contributed by atoms with E-state index in [1.165, 1.54) is 0 Å². The fourth-order valence-electron chi connectivity index (χ4n) is 2.62. The molecule has 0 amide bonds. The van der Waals surface area contributed by atoms with Gasteiger partial charge in [-0.15, -0.1) is 20.5 Å². The molecule has 0 aromatic carbocycles. The Morgan fingerprint density at radius 3 is 1.70 bits per heavy atom. The van der Waals surface area contributed by atoms with Crippen molar-refractivity contribution in [3.8, 4) is 0 Å². The van der Waals surface area contributed by atoms with Crippen molar-refractivity contribution >= 4 is 5.97 Å². The molecule has 33 heavy (non-hydrogen) atoms. The zero-order chi connectivity index (χ0) is 25.2. The van der Waals surface area contributed by atoms with Crippen LogP contribution in [-0.2, 0) is 26.6 Å². The van der Waals surface area contributed by atoms with Crippen molar-refractivity contribution in [3.05, 3.63) is 0 Å². The SMILES string of the molecule is CCOC(=O)CN1CCCN(C)CCN(C)CCCNCC1.[Cu+2].[O-][Cl+3]([O-])([O-])[O-].[O-][Cl+3]([O-])([O-])[O-]. The standard InChI is InChI=1S/C16H34N4O2.2ClHO4.Cu/c1-4-22-16(21)15-20-11-6-10-19(3)14-13-18(2)9-5-7-17-8-12-20;2*2-1(3,4)5;/h17H,4-15H2,1-3H3;2*(H,2,3,4,5);/q;;;+2/p-2. The van der Waals surface area contributed by atoms with E-state index in [1.807, 2.05) is 6.92 Å². The molecule has 1 fully saturated rings. The minimum Gasteiger partial charge on any atom is -0.465 e. The molecular weight excluding hydrogens is 543 g/mol. The van der Waals surface area contributed by atoms with E-state index in [9.17, 15) is 4.79 Å². The van der Waals surface area contributed by atoms with Crippen molar-refractivity contribution in [1.82, 2.24) is 20.0 Å². The molecule has 0 bridgehead atoms. The Kier molecular flexibility index (Phi) is 24.4. The van der Waals surface area contributed by atoms with Gasteiger partial charge in [-0.25, -0.2) is 37.3 Å². The summed E-state index contributed by atoms with van der Waals surface area (Å²) in [6.07, 6.45) is 2.25. The first-order valence-corrected chi connectivity index (χ1v) is 12.3. The molecule has 0 aliphatic carbocycles. The Hall–Kier alpha value is 0.0895. The molecule has 1 rings (SSSR count). The number of nitrogens with one attached hydrogen (secondary N) is 1. The Balaban J connectivity index is -0.000000686. The average Bonchev–Trinajstić information content (AvgIpc) is 2.59. The van der Waals surface area contributed by atoms with E-state index in [2.05, 4.69) is 34.1 Å². The number of esters is 1.